The van der Waals surface area contributed by atoms with Crippen LogP contribution in [0.1, 0.15) is 51.4 Å². The number of ether oxygens (including phenoxy) is 1. The van der Waals surface area contributed by atoms with Crippen molar-refractivity contribution in [3.63, 3.8) is 0 Å². The lowest BCUT2D eigenvalue weighted by atomic mass is 9.85. The van der Waals surface area contributed by atoms with Crippen molar-refractivity contribution >= 4 is 11.9 Å². The molecule has 1 saturated heterocycles. The van der Waals surface area contributed by atoms with Gasteiger partial charge in [-0.15, -0.1) is 0 Å². The number of primary amides is 1. The van der Waals surface area contributed by atoms with Gasteiger partial charge in [-0.2, -0.15) is 0 Å². The van der Waals surface area contributed by atoms with Crippen molar-refractivity contribution in [3.8, 4) is 0 Å². The summed E-state index contributed by atoms with van der Waals surface area (Å²) in [6.45, 7) is 0.441. The van der Waals surface area contributed by atoms with Crippen molar-refractivity contribution in [3.05, 3.63) is 0 Å². The average Bonchev–Trinajstić information content (AvgIpc) is 3.10. The molecule has 0 aromatic rings. The zero-order valence-electron chi connectivity index (χ0n) is 13.1. The van der Waals surface area contributed by atoms with Gasteiger partial charge < -0.3 is 21.1 Å². The number of amides is 3. The Labute approximate surface area is 131 Å². The maximum absolute atomic E-state index is 11.9. The van der Waals surface area contributed by atoms with Crippen LogP contribution >= 0.6 is 0 Å². The van der Waals surface area contributed by atoms with Gasteiger partial charge in [-0.1, -0.05) is 32.1 Å². The first-order valence-corrected chi connectivity index (χ1v) is 8.62. The third-order valence-corrected chi connectivity index (χ3v) is 5.33. The molecule has 0 spiro atoms. The standard InChI is InChI=1S/C16H27N3O3/c17-15(20)14-7-6-11(22-14)9-18-16(21)19-13-8-12(13)10-4-2-1-3-5-10/h10-14H,1-9H2,(H2,17,20)(H2,18,19,21)/t11-,12-,13+,14-/m0/s1. The largest absolute Gasteiger partial charge is 0.367 e. The van der Waals surface area contributed by atoms with Crippen LogP contribution in [0.15, 0.2) is 0 Å². The van der Waals surface area contributed by atoms with Crippen molar-refractivity contribution in [2.75, 3.05) is 6.54 Å². The SMILES string of the molecule is NC(=O)[C@@H]1CC[C@@H](CNC(=O)N[C@@H]2C[C@H]2C2CCCCC2)O1. The molecule has 1 aliphatic heterocycles. The highest BCUT2D eigenvalue weighted by Gasteiger charge is 2.43. The Balaban J connectivity index is 1.31. The first-order valence-electron chi connectivity index (χ1n) is 8.62. The zero-order valence-corrected chi connectivity index (χ0v) is 13.1. The molecule has 2 aliphatic carbocycles. The van der Waals surface area contributed by atoms with Gasteiger partial charge in [-0.05, 0) is 31.1 Å². The average molecular weight is 309 g/mol. The third-order valence-electron chi connectivity index (χ3n) is 5.33. The number of hydrogen-bond donors (Lipinski definition) is 3. The first-order chi connectivity index (χ1) is 10.6. The molecule has 3 aliphatic rings. The normalized spacial score (nSPS) is 35.1. The number of urea groups is 1. The van der Waals surface area contributed by atoms with Gasteiger partial charge in [-0.25, -0.2) is 4.79 Å². The van der Waals surface area contributed by atoms with Crippen molar-refractivity contribution in [2.45, 2.75) is 69.6 Å². The van der Waals surface area contributed by atoms with Crippen molar-refractivity contribution in [1.29, 1.82) is 0 Å². The van der Waals surface area contributed by atoms with Crippen LogP contribution in [0.5, 0.6) is 0 Å². The summed E-state index contributed by atoms with van der Waals surface area (Å²) in [5.74, 6) is 1.09. The molecular weight excluding hydrogens is 282 g/mol. The molecule has 22 heavy (non-hydrogen) atoms. The Morgan fingerprint density at radius 2 is 1.86 bits per heavy atom. The molecule has 6 heteroatoms. The fourth-order valence-corrected chi connectivity index (χ4v) is 3.96. The van der Waals surface area contributed by atoms with Crippen LogP contribution < -0.4 is 16.4 Å². The Bertz CT molecular complexity index is 423. The number of carbonyl (C=O) groups is 2. The summed E-state index contributed by atoms with van der Waals surface area (Å²) in [6, 6.07) is 0.236. The molecule has 2 saturated carbocycles. The Morgan fingerprint density at radius 3 is 2.55 bits per heavy atom. The minimum Gasteiger partial charge on any atom is -0.367 e. The minimum atomic E-state index is -0.492. The van der Waals surface area contributed by atoms with Crippen LogP contribution in [-0.2, 0) is 9.53 Å². The molecule has 0 aromatic carbocycles. The predicted molar refractivity (Wildman–Crippen MR) is 82.1 cm³/mol. The van der Waals surface area contributed by atoms with Gasteiger partial charge >= 0.3 is 6.03 Å². The molecule has 6 nitrogen and oxygen atoms in total. The first kappa shape index (κ1) is 15.6. The van der Waals surface area contributed by atoms with Crippen molar-refractivity contribution < 1.29 is 14.3 Å². The molecule has 1 heterocycles. The van der Waals surface area contributed by atoms with Crippen LogP contribution in [0.4, 0.5) is 4.79 Å². The number of nitrogens with one attached hydrogen (secondary N) is 2. The highest BCUT2D eigenvalue weighted by molar-refractivity contribution is 5.79. The summed E-state index contributed by atoms with van der Waals surface area (Å²) < 4.78 is 5.49. The van der Waals surface area contributed by atoms with E-state index in [0.717, 1.165) is 18.8 Å². The van der Waals surface area contributed by atoms with E-state index < -0.39 is 12.0 Å². The highest BCUT2D eigenvalue weighted by Crippen LogP contribution is 2.44. The molecule has 3 amide bonds. The zero-order chi connectivity index (χ0) is 15.5. The molecule has 3 fully saturated rings. The fourth-order valence-electron chi connectivity index (χ4n) is 3.96. The van der Waals surface area contributed by atoms with Crippen molar-refractivity contribution in [2.24, 2.45) is 17.6 Å². The lowest BCUT2D eigenvalue weighted by molar-refractivity contribution is -0.128. The van der Waals surface area contributed by atoms with E-state index in [0.29, 0.717) is 24.9 Å². The molecule has 4 atom stereocenters. The van der Waals surface area contributed by atoms with E-state index >= 15 is 0 Å². The third kappa shape index (κ3) is 3.91. The van der Waals surface area contributed by atoms with Gasteiger partial charge in [0, 0.05) is 12.6 Å². The van der Waals surface area contributed by atoms with Crippen LogP contribution in [0.25, 0.3) is 0 Å². The van der Waals surface area contributed by atoms with Crippen molar-refractivity contribution in [1.82, 2.24) is 10.6 Å². The number of carbonyl (C=O) groups excluding carboxylic acids is 2. The maximum atomic E-state index is 11.9. The van der Waals surface area contributed by atoms with Gasteiger partial charge in [0.15, 0.2) is 0 Å². The molecule has 124 valence electrons. The predicted octanol–water partition coefficient (Wildman–Crippen LogP) is 1.29. The van der Waals surface area contributed by atoms with Crippen LogP contribution in [0, 0.1) is 11.8 Å². The van der Waals surface area contributed by atoms with E-state index in [-0.39, 0.29) is 12.1 Å². The summed E-state index contributed by atoms with van der Waals surface area (Å²) in [4.78, 5) is 22.9. The number of nitrogens with two attached hydrogens (primary N) is 1. The summed E-state index contributed by atoms with van der Waals surface area (Å²) in [6.07, 6.45) is 8.67. The molecule has 0 radical (unpaired) electrons. The second-order valence-electron chi connectivity index (χ2n) is 6.98. The van der Waals surface area contributed by atoms with E-state index in [1.165, 1.54) is 32.1 Å². The van der Waals surface area contributed by atoms with Crippen LogP contribution in [0.2, 0.25) is 0 Å². The van der Waals surface area contributed by atoms with Gasteiger partial charge in [0.2, 0.25) is 5.91 Å². The molecule has 0 bridgehead atoms. The summed E-state index contributed by atoms with van der Waals surface area (Å²) >= 11 is 0. The van der Waals surface area contributed by atoms with Crippen LogP contribution in [0.3, 0.4) is 0 Å². The number of hydrogen-bond acceptors (Lipinski definition) is 3. The Morgan fingerprint density at radius 1 is 1.09 bits per heavy atom. The van der Waals surface area contributed by atoms with Gasteiger partial charge in [0.25, 0.3) is 0 Å². The lowest BCUT2D eigenvalue weighted by Gasteiger charge is -2.21. The van der Waals surface area contributed by atoms with Gasteiger partial charge in [0.05, 0.1) is 6.10 Å². The maximum Gasteiger partial charge on any atom is 0.315 e. The molecule has 3 rings (SSSR count). The second-order valence-corrected chi connectivity index (χ2v) is 6.98. The van der Waals surface area contributed by atoms with Gasteiger partial charge in [-0.3, -0.25) is 4.79 Å². The van der Waals surface area contributed by atoms with Crippen LogP contribution in [-0.4, -0.2) is 36.7 Å². The van der Waals surface area contributed by atoms with E-state index in [1.54, 1.807) is 0 Å². The summed E-state index contributed by atoms with van der Waals surface area (Å²) in [5, 5.41) is 5.91. The quantitative estimate of drug-likeness (QED) is 0.714. The smallest absolute Gasteiger partial charge is 0.315 e. The minimum absolute atomic E-state index is 0.100. The number of rotatable bonds is 5. The fraction of sp³-hybridized carbons (Fsp3) is 0.875. The van der Waals surface area contributed by atoms with Gasteiger partial charge in [0.1, 0.15) is 6.10 Å². The molecule has 0 aromatic heterocycles. The van der Waals surface area contributed by atoms with E-state index in [9.17, 15) is 9.59 Å². The summed E-state index contributed by atoms with van der Waals surface area (Å²) in [5.41, 5.74) is 5.21. The van der Waals surface area contributed by atoms with E-state index in [4.69, 9.17) is 10.5 Å². The summed E-state index contributed by atoms with van der Waals surface area (Å²) in [7, 11) is 0. The Kier molecular flexibility index (Phi) is 4.86. The highest BCUT2D eigenvalue weighted by atomic mass is 16.5. The second kappa shape index (κ2) is 6.86. The van der Waals surface area contributed by atoms with E-state index in [2.05, 4.69) is 10.6 Å². The molecular formula is C16H27N3O3. The lowest BCUT2D eigenvalue weighted by Crippen LogP contribution is -2.41. The van der Waals surface area contributed by atoms with E-state index in [1.807, 2.05) is 0 Å². The topological polar surface area (TPSA) is 93.5 Å². The molecule has 4 N–H and O–H groups in total. The Hall–Kier alpha value is -1.30. The monoisotopic (exact) mass is 309 g/mol. The molecule has 0 unspecified atom stereocenters.